The molecule has 0 aromatic rings. The zero-order valence-electron chi connectivity index (χ0n) is 11.6. The van der Waals surface area contributed by atoms with Gasteiger partial charge in [0.1, 0.15) is 0 Å². The minimum Gasteiger partial charge on any atom is -0.298 e. The summed E-state index contributed by atoms with van der Waals surface area (Å²) in [5.41, 5.74) is 0. The fourth-order valence-electron chi connectivity index (χ4n) is 2.53. The van der Waals surface area contributed by atoms with E-state index in [1.54, 1.807) is 0 Å². The van der Waals surface area contributed by atoms with Crippen molar-refractivity contribution in [2.75, 3.05) is 6.54 Å². The lowest BCUT2D eigenvalue weighted by molar-refractivity contribution is 0.121. The van der Waals surface area contributed by atoms with Crippen LogP contribution in [0.4, 0.5) is 0 Å². The molecular weight excluding hydrogens is 182 g/mol. The second-order valence-electron chi connectivity index (χ2n) is 4.62. The fourth-order valence-corrected chi connectivity index (χ4v) is 2.53. The van der Waals surface area contributed by atoms with Crippen LogP contribution in [0, 0.1) is 0 Å². The van der Waals surface area contributed by atoms with Gasteiger partial charge in [-0.05, 0) is 39.7 Å². The van der Waals surface area contributed by atoms with Crippen molar-refractivity contribution in [1.29, 1.82) is 0 Å². The first-order valence-corrected chi connectivity index (χ1v) is 7.01. The van der Waals surface area contributed by atoms with Crippen LogP contribution < -0.4 is 0 Å². The molecule has 0 heterocycles. The van der Waals surface area contributed by atoms with Gasteiger partial charge in [-0.3, -0.25) is 4.90 Å². The Bertz CT molecular complexity index is 125. The van der Waals surface area contributed by atoms with Gasteiger partial charge in [-0.25, -0.2) is 0 Å². The minimum atomic E-state index is 0.739. The normalized spacial score (nSPS) is 17.8. The molecule has 1 aliphatic rings. The lowest BCUT2D eigenvalue weighted by atomic mass is 9.93. The molecule has 0 bridgehead atoms. The van der Waals surface area contributed by atoms with E-state index < -0.39 is 0 Å². The van der Waals surface area contributed by atoms with Crippen LogP contribution in [0.15, 0.2) is 0 Å². The number of nitrogens with zero attached hydrogens (tertiary/aromatic N) is 1. The summed E-state index contributed by atoms with van der Waals surface area (Å²) in [5.74, 6) is 0. The Morgan fingerprint density at radius 3 is 2.00 bits per heavy atom. The molecule has 0 atom stereocenters. The highest BCUT2D eigenvalue weighted by Crippen LogP contribution is 2.24. The summed E-state index contributed by atoms with van der Waals surface area (Å²) in [4.78, 5) is 2.71. The van der Waals surface area contributed by atoms with Crippen molar-refractivity contribution in [2.24, 2.45) is 0 Å². The van der Waals surface area contributed by atoms with E-state index in [0.29, 0.717) is 0 Å². The summed E-state index contributed by atoms with van der Waals surface area (Å²) in [6.07, 6.45) is 8.56. The van der Waals surface area contributed by atoms with Crippen molar-refractivity contribution in [2.45, 2.75) is 85.2 Å². The summed E-state index contributed by atoms with van der Waals surface area (Å²) >= 11 is 0. The van der Waals surface area contributed by atoms with Crippen LogP contribution in [0.2, 0.25) is 0 Å². The first kappa shape index (κ1) is 15.0. The van der Waals surface area contributed by atoms with Crippen LogP contribution in [0.5, 0.6) is 0 Å². The van der Waals surface area contributed by atoms with Crippen LogP contribution >= 0.6 is 0 Å². The van der Waals surface area contributed by atoms with Gasteiger partial charge >= 0.3 is 0 Å². The van der Waals surface area contributed by atoms with E-state index in [0.717, 1.165) is 12.1 Å². The molecule has 1 fully saturated rings. The van der Waals surface area contributed by atoms with E-state index >= 15 is 0 Å². The standard InChI is InChI=1S/C12H25N.C2H6/c1-4-10-13(11(2)3)12-8-6-5-7-9-12;1-2/h11-12H,4-10H2,1-3H3;1-2H3. The summed E-state index contributed by atoms with van der Waals surface area (Å²) in [6.45, 7) is 12.3. The maximum absolute atomic E-state index is 2.71. The quantitative estimate of drug-likeness (QED) is 0.666. The Balaban J connectivity index is 0.000000921. The molecule has 0 aromatic carbocycles. The molecule has 0 unspecified atom stereocenters. The van der Waals surface area contributed by atoms with Gasteiger partial charge in [0.2, 0.25) is 0 Å². The predicted octanol–water partition coefficient (Wildman–Crippen LogP) is 4.47. The van der Waals surface area contributed by atoms with Gasteiger partial charge in [0.05, 0.1) is 0 Å². The molecule has 0 N–H and O–H groups in total. The van der Waals surface area contributed by atoms with Crippen LogP contribution in [-0.4, -0.2) is 23.5 Å². The number of hydrogen-bond acceptors (Lipinski definition) is 1. The molecule has 1 aliphatic carbocycles. The fraction of sp³-hybridized carbons (Fsp3) is 1.00. The SMILES string of the molecule is CC.CCCN(C(C)C)C1CCCCC1. The topological polar surface area (TPSA) is 3.24 Å². The number of hydrogen-bond donors (Lipinski definition) is 0. The Kier molecular flexibility index (Phi) is 9.18. The maximum atomic E-state index is 2.71. The lowest BCUT2D eigenvalue weighted by Gasteiger charge is -2.37. The van der Waals surface area contributed by atoms with Crippen molar-refractivity contribution >= 4 is 0 Å². The summed E-state index contributed by atoms with van der Waals surface area (Å²) in [6, 6.07) is 1.64. The third-order valence-corrected chi connectivity index (χ3v) is 3.19. The van der Waals surface area contributed by atoms with Crippen molar-refractivity contribution in [3.05, 3.63) is 0 Å². The van der Waals surface area contributed by atoms with Crippen molar-refractivity contribution in [3.8, 4) is 0 Å². The van der Waals surface area contributed by atoms with Gasteiger partial charge in [0, 0.05) is 12.1 Å². The smallest absolute Gasteiger partial charge is 0.00979 e. The van der Waals surface area contributed by atoms with Crippen LogP contribution in [0.25, 0.3) is 0 Å². The molecule has 1 rings (SSSR count). The highest BCUT2D eigenvalue weighted by atomic mass is 15.2. The monoisotopic (exact) mass is 213 g/mol. The molecule has 92 valence electrons. The molecule has 1 saturated carbocycles. The highest BCUT2D eigenvalue weighted by molar-refractivity contribution is 4.77. The summed E-state index contributed by atoms with van der Waals surface area (Å²) < 4.78 is 0. The molecule has 0 spiro atoms. The lowest BCUT2D eigenvalue weighted by Crippen LogP contribution is -2.41. The van der Waals surface area contributed by atoms with Gasteiger partial charge in [-0.15, -0.1) is 0 Å². The molecule has 1 heteroatoms. The first-order valence-electron chi connectivity index (χ1n) is 7.01. The Labute approximate surface area is 97.2 Å². The molecule has 1 nitrogen and oxygen atoms in total. The third kappa shape index (κ3) is 5.55. The van der Waals surface area contributed by atoms with E-state index in [-0.39, 0.29) is 0 Å². The molecular formula is C14H31N. The molecule has 0 aromatic heterocycles. The Morgan fingerprint density at radius 2 is 1.60 bits per heavy atom. The number of rotatable bonds is 4. The Hall–Kier alpha value is -0.0400. The van der Waals surface area contributed by atoms with Crippen molar-refractivity contribution in [1.82, 2.24) is 4.90 Å². The van der Waals surface area contributed by atoms with Crippen molar-refractivity contribution in [3.63, 3.8) is 0 Å². The van der Waals surface area contributed by atoms with Gasteiger partial charge in [-0.1, -0.05) is 40.0 Å². The van der Waals surface area contributed by atoms with Gasteiger partial charge in [-0.2, -0.15) is 0 Å². The average molecular weight is 213 g/mol. The van der Waals surface area contributed by atoms with Gasteiger partial charge < -0.3 is 0 Å². The van der Waals surface area contributed by atoms with Gasteiger partial charge in [0.25, 0.3) is 0 Å². The summed E-state index contributed by atoms with van der Waals surface area (Å²) in [7, 11) is 0. The highest BCUT2D eigenvalue weighted by Gasteiger charge is 2.21. The van der Waals surface area contributed by atoms with E-state index in [1.807, 2.05) is 13.8 Å². The minimum absolute atomic E-state index is 0.739. The largest absolute Gasteiger partial charge is 0.298 e. The zero-order chi connectivity index (χ0) is 11.7. The van der Waals surface area contributed by atoms with Gasteiger partial charge in [0.15, 0.2) is 0 Å². The zero-order valence-corrected chi connectivity index (χ0v) is 11.6. The van der Waals surface area contributed by atoms with E-state index in [1.165, 1.54) is 45.1 Å². The van der Waals surface area contributed by atoms with E-state index in [9.17, 15) is 0 Å². The van der Waals surface area contributed by atoms with E-state index in [2.05, 4.69) is 25.7 Å². The second-order valence-corrected chi connectivity index (χ2v) is 4.62. The molecule has 0 radical (unpaired) electrons. The van der Waals surface area contributed by atoms with Crippen LogP contribution in [0.1, 0.15) is 73.1 Å². The molecule has 15 heavy (non-hydrogen) atoms. The first-order chi connectivity index (χ1) is 7.25. The average Bonchev–Trinajstić information content (AvgIpc) is 2.29. The summed E-state index contributed by atoms with van der Waals surface area (Å²) in [5, 5.41) is 0. The van der Waals surface area contributed by atoms with E-state index in [4.69, 9.17) is 0 Å². The van der Waals surface area contributed by atoms with Crippen molar-refractivity contribution < 1.29 is 0 Å². The molecule has 0 aliphatic heterocycles. The Morgan fingerprint density at radius 1 is 1.07 bits per heavy atom. The third-order valence-electron chi connectivity index (χ3n) is 3.19. The van der Waals surface area contributed by atoms with Crippen LogP contribution in [0.3, 0.4) is 0 Å². The second kappa shape index (κ2) is 9.21. The molecule has 0 amide bonds. The predicted molar refractivity (Wildman–Crippen MR) is 70.4 cm³/mol. The maximum Gasteiger partial charge on any atom is 0.00979 e. The molecule has 0 saturated heterocycles. The van der Waals surface area contributed by atoms with Crippen LogP contribution in [-0.2, 0) is 0 Å².